The predicted octanol–water partition coefficient (Wildman–Crippen LogP) is 2.25. The largest absolute Gasteiger partial charge is 0.378 e. The molecule has 3 N–H and O–H groups in total. The Morgan fingerprint density at radius 3 is 2.75 bits per heavy atom. The highest BCUT2D eigenvalue weighted by molar-refractivity contribution is 5.95. The molecule has 0 aliphatic carbocycles. The summed E-state index contributed by atoms with van der Waals surface area (Å²) in [6.07, 6.45) is 4.85. The second-order valence-corrected chi connectivity index (χ2v) is 6.97. The van der Waals surface area contributed by atoms with Crippen LogP contribution < -0.4 is 16.0 Å². The van der Waals surface area contributed by atoms with Gasteiger partial charge >= 0.3 is 0 Å². The highest BCUT2D eigenvalue weighted by atomic mass is 16.1. The summed E-state index contributed by atoms with van der Waals surface area (Å²) in [5, 5.41) is 17.7. The maximum Gasteiger partial charge on any atom is 0.251 e. The average molecular weight is 429 g/mol. The van der Waals surface area contributed by atoms with Gasteiger partial charge in [-0.1, -0.05) is 12.1 Å². The van der Waals surface area contributed by atoms with Gasteiger partial charge in [0.25, 0.3) is 5.91 Å². The van der Waals surface area contributed by atoms with Crippen molar-refractivity contribution in [2.24, 2.45) is 7.05 Å². The summed E-state index contributed by atoms with van der Waals surface area (Å²) < 4.78 is 1.87. The van der Waals surface area contributed by atoms with Crippen LogP contribution in [0.4, 0.5) is 11.5 Å². The van der Waals surface area contributed by atoms with Crippen LogP contribution in [0, 0.1) is 0 Å². The number of nitrogens with zero attached hydrogens (tertiary/aromatic N) is 6. The van der Waals surface area contributed by atoms with Crippen molar-refractivity contribution in [2.75, 3.05) is 17.7 Å². The lowest BCUT2D eigenvalue weighted by atomic mass is 10.1. The number of nitrogens with one attached hydrogen (secondary N) is 3. The van der Waals surface area contributed by atoms with Gasteiger partial charge in [0.15, 0.2) is 11.6 Å². The number of amides is 1. The van der Waals surface area contributed by atoms with Gasteiger partial charge in [-0.05, 0) is 30.3 Å². The fourth-order valence-electron chi connectivity index (χ4n) is 3.20. The lowest BCUT2D eigenvalue weighted by Crippen LogP contribution is -2.23. The van der Waals surface area contributed by atoms with Gasteiger partial charge in [0.05, 0.1) is 6.54 Å². The van der Waals surface area contributed by atoms with Gasteiger partial charge in [0, 0.05) is 49.8 Å². The normalized spacial score (nSPS) is 10.6. The molecule has 162 valence electrons. The number of aromatic nitrogens is 6. The van der Waals surface area contributed by atoms with Crippen LogP contribution in [0.3, 0.4) is 0 Å². The van der Waals surface area contributed by atoms with Crippen LogP contribution in [0.2, 0.25) is 0 Å². The number of benzene rings is 1. The van der Waals surface area contributed by atoms with Crippen LogP contribution in [-0.2, 0) is 20.1 Å². The highest BCUT2D eigenvalue weighted by Crippen LogP contribution is 2.16. The molecule has 3 heterocycles. The van der Waals surface area contributed by atoms with E-state index in [1.54, 1.807) is 37.6 Å². The van der Waals surface area contributed by atoms with E-state index in [9.17, 15) is 4.79 Å². The summed E-state index contributed by atoms with van der Waals surface area (Å²) in [5.41, 5.74) is 2.99. The number of carbonyl (C=O) groups is 1. The molecule has 0 aliphatic rings. The van der Waals surface area contributed by atoms with Crippen LogP contribution in [0.5, 0.6) is 0 Å². The molecular formula is C22H23N9O. The van der Waals surface area contributed by atoms with Crippen molar-refractivity contribution in [1.29, 1.82) is 0 Å². The second kappa shape index (κ2) is 9.65. The third-order valence-corrected chi connectivity index (χ3v) is 4.92. The first-order chi connectivity index (χ1) is 15.7. The molecule has 1 aromatic carbocycles. The first kappa shape index (κ1) is 20.9. The Hall–Kier alpha value is -4.34. The number of pyridine rings is 1. The fourth-order valence-corrected chi connectivity index (χ4v) is 3.20. The summed E-state index contributed by atoms with van der Waals surface area (Å²) >= 11 is 0. The van der Waals surface area contributed by atoms with Crippen LogP contribution >= 0.6 is 0 Å². The Morgan fingerprint density at radius 1 is 1.03 bits per heavy atom. The van der Waals surface area contributed by atoms with E-state index in [0.29, 0.717) is 30.2 Å². The molecule has 0 atom stereocenters. The van der Waals surface area contributed by atoms with Crippen molar-refractivity contribution >= 4 is 17.4 Å². The third kappa shape index (κ3) is 4.69. The minimum absolute atomic E-state index is 0.163. The Morgan fingerprint density at radius 2 is 1.94 bits per heavy atom. The predicted molar refractivity (Wildman–Crippen MR) is 121 cm³/mol. The molecule has 4 aromatic rings. The summed E-state index contributed by atoms with van der Waals surface area (Å²) in [5.74, 6) is 1.98. The maximum absolute atomic E-state index is 12.6. The monoisotopic (exact) mass is 429 g/mol. The Kier molecular flexibility index (Phi) is 6.30. The Labute approximate surface area is 185 Å². The minimum Gasteiger partial charge on any atom is -0.378 e. The molecule has 0 radical (unpaired) electrons. The van der Waals surface area contributed by atoms with Gasteiger partial charge < -0.3 is 20.5 Å². The number of rotatable bonds is 8. The van der Waals surface area contributed by atoms with Crippen LogP contribution in [0.25, 0.3) is 11.5 Å². The molecule has 3 aromatic heterocycles. The van der Waals surface area contributed by atoms with Crippen LogP contribution in [0.1, 0.15) is 21.7 Å². The van der Waals surface area contributed by atoms with Gasteiger partial charge in [-0.15, -0.1) is 10.2 Å². The lowest BCUT2D eigenvalue weighted by Gasteiger charge is -2.11. The average Bonchev–Trinajstić information content (AvgIpc) is 3.22. The summed E-state index contributed by atoms with van der Waals surface area (Å²) in [6.45, 7) is 0.826. The number of carbonyl (C=O) groups excluding carboxylic acids is 1. The molecule has 0 aliphatic heterocycles. The zero-order valence-corrected chi connectivity index (χ0v) is 17.8. The van der Waals surface area contributed by atoms with Crippen molar-refractivity contribution in [2.45, 2.75) is 13.1 Å². The smallest absolute Gasteiger partial charge is 0.251 e. The number of anilines is 2. The van der Waals surface area contributed by atoms with Gasteiger partial charge in [-0.3, -0.25) is 4.79 Å². The fraction of sp³-hybridized carbons (Fsp3) is 0.182. The lowest BCUT2D eigenvalue weighted by molar-refractivity contribution is 0.0951. The van der Waals surface area contributed by atoms with E-state index in [4.69, 9.17) is 0 Å². The summed E-state index contributed by atoms with van der Waals surface area (Å²) in [6, 6.07) is 12.9. The highest BCUT2D eigenvalue weighted by Gasteiger charge is 2.12. The van der Waals surface area contributed by atoms with E-state index in [1.807, 2.05) is 35.9 Å². The van der Waals surface area contributed by atoms with E-state index in [0.717, 1.165) is 22.9 Å². The molecule has 0 spiro atoms. The minimum atomic E-state index is -0.163. The van der Waals surface area contributed by atoms with E-state index in [-0.39, 0.29) is 5.91 Å². The van der Waals surface area contributed by atoms with Gasteiger partial charge in [-0.2, -0.15) is 0 Å². The number of hydrogen-bond acceptors (Lipinski definition) is 8. The molecule has 1 amide bonds. The molecule has 0 unspecified atom stereocenters. The SMILES string of the molecule is CNc1ncccc1CNC(=O)c1cccc(NCc2nnc(-c3ccncn3)n2C)c1. The third-order valence-electron chi connectivity index (χ3n) is 4.92. The topological polar surface area (TPSA) is 123 Å². The van der Waals surface area contributed by atoms with Crippen molar-refractivity contribution in [1.82, 2.24) is 35.0 Å². The van der Waals surface area contributed by atoms with Gasteiger partial charge in [-0.25, -0.2) is 15.0 Å². The van der Waals surface area contributed by atoms with Gasteiger partial charge in [0.1, 0.15) is 17.8 Å². The second-order valence-electron chi connectivity index (χ2n) is 6.97. The summed E-state index contributed by atoms with van der Waals surface area (Å²) in [4.78, 5) is 25.0. The zero-order valence-electron chi connectivity index (χ0n) is 17.8. The molecule has 0 bridgehead atoms. The molecule has 0 fully saturated rings. The van der Waals surface area contributed by atoms with E-state index in [1.165, 1.54) is 6.33 Å². The van der Waals surface area contributed by atoms with Crippen molar-refractivity contribution in [3.8, 4) is 11.5 Å². The van der Waals surface area contributed by atoms with E-state index in [2.05, 4.69) is 41.1 Å². The molecule has 10 heteroatoms. The molecule has 32 heavy (non-hydrogen) atoms. The Balaban J connectivity index is 1.39. The molecule has 0 saturated heterocycles. The quantitative estimate of drug-likeness (QED) is 0.390. The van der Waals surface area contributed by atoms with Crippen LogP contribution in [-0.4, -0.2) is 42.7 Å². The van der Waals surface area contributed by atoms with Gasteiger partial charge in [0.2, 0.25) is 0 Å². The molecule has 10 nitrogen and oxygen atoms in total. The zero-order chi connectivity index (χ0) is 22.3. The van der Waals surface area contributed by atoms with Crippen molar-refractivity contribution in [3.05, 3.63) is 78.1 Å². The maximum atomic E-state index is 12.6. The standard InChI is InChI=1S/C22H23N9O/c1-23-20-16(6-4-9-25-20)12-27-22(32)15-5-3-7-17(11-15)26-13-19-29-30-21(31(19)2)18-8-10-24-14-28-18/h3-11,14,26H,12-13H2,1-2H3,(H,23,25)(H,27,32). The van der Waals surface area contributed by atoms with Crippen LogP contribution in [0.15, 0.2) is 61.2 Å². The van der Waals surface area contributed by atoms with E-state index < -0.39 is 0 Å². The Bertz CT molecular complexity index is 1210. The van der Waals surface area contributed by atoms with E-state index >= 15 is 0 Å². The molecular weight excluding hydrogens is 406 g/mol. The van der Waals surface area contributed by atoms with Crippen molar-refractivity contribution < 1.29 is 4.79 Å². The number of hydrogen-bond donors (Lipinski definition) is 3. The van der Waals surface area contributed by atoms with Crippen molar-refractivity contribution in [3.63, 3.8) is 0 Å². The molecule has 0 saturated carbocycles. The molecule has 4 rings (SSSR count). The first-order valence-corrected chi connectivity index (χ1v) is 10.0. The summed E-state index contributed by atoms with van der Waals surface area (Å²) in [7, 11) is 3.69. The first-order valence-electron chi connectivity index (χ1n) is 10.0.